The minimum atomic E-state index is 0.0926. The summed E-state index contributed by atoms with van der Waals surface area (Å²) in [5, 5.41) is 0. The first-order chi connectivity index (χ1) is 2.77. The average molecular weight is 68.7 g/mol. The van der Waals surface area contributed by atoms with Crippen LogP contribution in [0, 0.1) is 0 Å². The van der Waals surface area contributed by atoms with Gasteiger partial charge in [0.05, 0.1) is 7.28 Å². The van der Waals surface area contributed by atoms with Gasteiger partial charge in [-0.1, -0.05) is 13.6 Å². The van der Waals surface area contributed by atoms with Crippen molar-refractivity contribution in [1.82, 2.24) is 0 Å². The Morgan fingerprint density at radius 1 is 2.20 bits per heavy atom. The molecule has 0 N–H and O–H groups in total. The van der Waals surface area contributed by atoms with Gasteiger partial charge in [-0.2, -0.15) is 0 Å². The monoisotopic (exact) mass is 69.1 g/mol. The van der Waals surface area contributed by atoms with Crippen molar-refractivity contribution in [3.8, 4) is 0 Å². The van der Waals surface area contributed by atoms with Crippen LogP contribution in [0.15, 0.2) is 0 Å². The fraction of sp³-hybridized carbons (Fsp3) is 1.00. The summed E-state index contributed by atoms with van der Waals surface area (Å²) in [5.74, 6) is 0. The molecule has 0 saturated carbocycles. The van der Waals surface area contributed by atoms with Gasteiger partial charge < -0.3 is 0 Å². The van der Waals surface area contributed by atoms with Crippen LogP contribution in [-0.4, -0.2) is 15.9 Å². The molecule has 0 spiro atoms. The first-order valence-electron chi connectivity index (χ1n) is 2.55. The molecule has 0 amide bonds. The molecule has 0 unspecified atom stereocenters. The molecule has 0 aromatic carbocycles. The maximum Gasteiger partial charge on any atom is 0.109 e. The largest absolute Gasteiger partial charge is 0.109 e. The van der Waals surface area contributed by atoms with Crippen molar-refractivity contribution < 1.29 is 0 Å². The van der Waals surface area contributed by atoms with Crippen LogP contribution >= 0.6 is 0 Å². The van der Waals surface area contributed by atoms with Crippen LogP contribution in [0.4, 0.5) is 0 Å². The highest BCUT2D eigenvalue weighted by Crippen LogP contribution is 1.68. The van der Waals surface area contributed by atoms with E-state index in [0.29, 0.717) is 0 Å². The average Bonchev–Trinajstić information content (AvgIpc) is 1.35. The van der Waals surface area contributed by atoms with E-state index in [1.807, 2.05) is 20.9 Å². The minimum Gasteiger partial charge on any atom is -0.104 e. The molecule has 0 heterocycles. The van der Waals surface area contributed by atoms with Gasteiger partial charge in [0.1, 0.15) is 7.24 Å². The van der Waals surface area contributed by atoms with Crippen LogP contribution in [-0.2, 0) is 0 Å². The van der Waals surface area contributed by atoms with Crippen LogP contribution < -0.4 is 0 Å². The van der Waals surface area contributed by atoms with Gasteiger partial charge in [-0.25, -0.2) is 0 Å². The van der Waals surface area contributed by atoms with E-state index in [2.05, 4.69) is 0 Å². The lowest BCUT2D eigenvalue weighted by atomic mass is 9.58. The van der Waals surface area contributed by atoms with Crippen molar-refractivity contribution in [2.75, 3.05) is 0 Å². The maximum absolute atomic E-state index is 6.95. The van der Waals surface area contributed by atoms with Crippen molar-refractivity contribution in [1.29, 1.82) is 1.34 Å². The summed E-state index contributed by atoms with van der Waals surface area (Å²) in [6, 6.07) is 0. The van der Waals surface area contributed by atoms with E-state index >= 15 is 0 Å². The molecule has 0 rings (SSSR count). The van der Waals surface area contributed by atoms with Gasteiger partial charge in [0.25, 0.3) is 0 Å². The molecule has 0 atom stereocenters. The summed E-state index contributed by atoms with van der Waals surface area (Å²) in [4.78, 5) is 0. The Hall–Kier alpha value is 0.130. The van der Waals surface area contributed by atoms with Crippen molar-refractivity contribution in [2.24, 2.45) is 0 Å². The fourth-order valence-corrected chi connectivity index (χ4v) is 0.236. The molecule has 0 nitrogen and oxygen atoms in total. The Kier molecular flexibility index (Phi) is 2.75. The van der Waals surface area contributed by atoms with E-state index in [1.54, 1.807) is 0 Å². The summed E-state index contributed by atoms with van der Waals surface area (Å²) >= 11 is 0. The normalized spacial score (nSPS) is 9.60. The van der Waals surface area contributed by atoms with E-state index in [0.717, 1.165) is 6.22 Å². The molecule has 1 radical (unpaired) electrons. The molecule has 2 heteroatoms. The van der Waals surface area contributed by atoms with Crippen LogP contribution in [0.2, 0.25) is 19.9 Å². The lowest BCUT2D eigenvalue weighted by Crippen LogP contribution is -1.84. The second-order valence-corrected chi connectivity index (χ2v) is 1.05. The van der Waals surface area contributed by atoms with E-state index in [9.17, 15) is 0 Å². The summed E-state index contributed by atoms with van der Waals surface area (Å²) in [6.07, 6.45) is 0.917. The zero-order valence-electron chi connectivity index (χ0n) is 4.86. The summed E-state index contributed by atoms with van der Waals surface area (Å²) < 4.78 is 6.95. The minimum absolute atomic E-state index is 0.0926. The molecule has 0 aromatic rings. The maximum atomic E-state index is 6.95. The quantitative estimate of drug-likeness (QED) is 0.416. The molecule has 0 bridgehead atoms. The van der Waals surface area contributed by atoms with Gasteiger partial charge in [-0.05, 0) is 1.34 Å². The third-order valence-corrected chi connectivity index (χ3v) is 0.471. The van der Waals surface area contributed by atoms with Crippen LogP contribution in [0.1, 0.15) is 0 Å². The summed E-state index contributed by atoms with van der Waals surface area (Å²) in [5.41, 5.74) is 0. The SMILES string of the molecule is [3H]B(C)C[B]C. The van der Waals surface area contributed by atoms with Crippen LogP contribution in [0.3, 0.4) is 0 Å². The van der Waals surface area contributed by atoms with Gasteiger partial charge in [0.2, 0.25) is 0 Å². The predicted octanol–water partition coefficient (Wildman–Crippen LogP) is 0.599. The Bertz CT molecular complexity index is 30.0. The zero-order valence-corrected chi connectivity index (χ0v) is 3.86. The van der Waals surface area contributed by atoms with Gasteiger partial charge in [-0.15, -0.1) is 6.22 Å². The Labute approximate surface area is 36.8 Å². The molecular formula is C3H9B2. The summed E-state index contributed by atoms with van der Waals surface area (Å²) in [7, 11) is 2.10. The molecule has 0 fully saturated rings. The van der Waals surface area contributed by atoms with Gasteiger partial charge in [0.15, 0.2) is 0 Å². The molecule has 0 saturated heterocycles. The highest BCUT2D eigenvalue weighted by molar-refractivity contribution is 6.54. The predicted molar refractivity (Wildman–Crippen MR) is 29.4 cm³/mol. The van der Waals surface area contributed by atoms with Crippen molar-refractivity contribution in [2.45, 2.75) is 19.9 Å². The smallest absolute Gasteiger partial charge is 0.104 e. The molecule has 0 aliphatic carbocycles. The zero-order chi connectivity index (χ0) is 4.99. The molecular weight excluding hydrogens is 57.7 g/mol. The van der Waals surface area contributed by atoms with Crippen LogP contribution in [0.5, 0.6) is 0 Å². The second-order valence-electron chi connectivity index (χ2n) is 1.05. The molecule has 0 aliphatic rings. The topological polar surface area (TPSA) is 0 Å². The van der Waals surface area contributed by atoms with Gasteiger partial charge in [0, 0.05) is 0 Å². The van der Waals surface area contributed by atoms with Gasteiger partial charge >= 0.3 is 0 Å². The number of hydrogen-bond donors (Lipinski definition) is 0. The number of hydrogen-bond acceptors (Lipinski definition) is 0. The van der Waals surface area contributed by atoms with Crippen molar-refractivity contribution >= 4 is 14.5 Å². The van der Waals surface area contributed by atoms with Gasteiger partial charge in [-0.3, -0.25) is 0 Å². The molecule has 0 aromatic heterocycles. The van der Waals surface area contributed by atoms with E-state index in [-0.39, 0.29) is 7.24 Å². The Morgan fingerprint density at radius 3 is 2.80 bits per heavy atom. The number of rotatable bonds is 2. The standard InChI is InChI=1S/C3H9B2/c1-4-3-5-2/h4H,3H2,1-2H3/i4T. The third-order valence-electron chi connectivity index (χ3n) is 0.471. The third kappa shape index (κ3) is 4.13. The molecule has 27 valence electrons. The second kappa shape index (κ2) is 4.13. The van der Waals surface area contributed by atoms with E-state index in [4.69, 9.17) is 1.34 Å². The Morgan fingerprint density at radius 2 is 2.80 bits per heavy atom. The van der Waals surface area contributed by atoms with Crippen molar-refractivity contribution in [3.63, 3.8) is 0 Å². The lowest BCUT2D eigenvalue weighted by Gasteiger charge is -1.73. The lowest BCUT2D eigenvalue weighted by molar-refractivity contribution is 1.91. The molecule has 0 aliphatic heterocycles. The van der Waals surface area contributed by atoms with E-state index in [1.165, 1.54) is 0 Å². The highest BCUT2D eigenvalue weighted by atomic mass is 13.2. The van der Waals surface area contributed by atoms with Crippen LogP contribution in [0.25, 0.3) is 0 Å². The highest BCUT2D eigenvalue weighted by Gasteiger charge is 1.74. The summed E-state index contributed by atoms with van der Waals surface area (Å²) in [6.45, 7) is 3.87. The van der Waals surface area contributed by atoms with E-state index < -0.39 is 0 Å². The first-order valence-corrected chi connectivity index (χ1v) is 1.97. The fourth-order valence-electron chi connectivity index (χ4n) is 0.236. The first kappa shape index (κ1) is 3.32. The molecule has 5 heavy (non-hydrogen) atoms. The van der Waals surface area contributed by atoms with Crippen molar-refractivity contribution in [3.05, 3.63) is 0 Å². The Balaban J connectivity index is 2.63.